The Balaban J connectivity index is 2.46. The highest BCUT2D eigenvalue weighted by Crippen LogP contribution is 2.06. The van der Waals surface area contributed by atoms with Gasteiger partial charge in [-0.2, -0.15) is 0 Å². The highest BCUT2D eigenvalue weighted by atomic mass is 15.0. The average molecular weight is 177 g/mol. The van der Waals surface area contributed by atoms with Gasteiger partial charge in [0.05, 0.1) is 11.9 Å². The van der Waals surface area contributed by atoms with Crippen molar-refractivity contribution in [3.8, 4) is 0 Å². The Morgan fingerprint density at radius 1 is 1.62 bits per heavy atom. The molecule has 1 heterocycles. The van der Waals surface area contributed by atoms with E-state index < -0.39 is 0 Å². The molecule has 0 saturated heterocycles. The van der Waals surface area contributed by atoms with Gasteiger partial charge in [0.1, 0.15) is 5.82 Å². The zero-order chi connectivity index (χ0) is 9.68. The molecule has 0 fully saturated rings. The lowest BCUT2D eigenvalue weighted by molar-refractivity contribution is 1.04. The SMILES string of the molecule is C=C(CC)CNc1ccc(N)cn1. The van der Waals surface area contributed by atoms with Gasteiger partial charge in [-0.05, 0) is 18.6 Å². The van der Waals surface area contributed by atoms with Crippen LogP contribution in [0, 0.1) is 0 Å². The molecule has 3 N–H and O–H groups in total. The summed E-state index contributed by atoms with van der Waals surface area (Å²) in [5, 5.41) is 3.16. The van der Waals surface area contributed by atoms with Crippen molar-refractivity contribution in [1.82, 2.24) is 4.98 Å². The van der Waals surface area contributed by atoms with E-state index in [-0.39, 0.29) is 0 Å². The van der Waals surface area contributed by atoms with Gasteiger partial charge in [0.15, 0.2) is 0 Å². The third-order valence-electron chi connectivity index (χ3n) is 1.81. The zero-order valence-corrected chi connectivity index (χ0v) is 7.88. The van der Waals surface area contributed by atoms with E-state index in [0.717, 1.165) is 18.8 Å². The quantitative estimate of drug-likeness (QED) is 0.692. The zero-order valence-electron chi connectivity index (χ0n) is 7.88. The predicted octanol–water partition coefficient (Wildman–Crippen LogP) is 2.04. The van der Waals surface area contributed by atoms with Crippen LogP contribution in [0.25, 0.3) is 0 Å². The molecular formula is C10H15N3. The first kappa shape index (κ1) is 9.58. The predicted molar refractivity (Wildman–Crippen MR) is 56.6 cm³/mol. The summed E-state index contributed by atoms with van der Waals surface area (Å²) >= 11 is 0. The molecule has 0 bridgehead atoms. The summed E-state index contributed by atoms with van der Waals surface area (Å²) in [6, 6.07) is 3.68. The number of nitrogens with two attached hydrogens (primary N) is 1. The summed E-state index contributed by atoms with van der Waals surface area (Å²) in [6.07, 6.45) is 2.62. The maximum Gasteiger partial charge on any atom is 0.126 e. The normalized spacial score (nSPS) is 9.62. The van der Waals surface area contributed by atoms with Crippen LogP contribution >= 0.6 is 0 Å². The number of nitrogens with zero attached hydrogens (tertiary/aromatic N) is 1. The molecule has 0 radical (unpaired) electrons. The fourth-order valence-electron chi connectivity index (χ4n) is 0.850. The maximum atomic E-state index is 5.50. The van der Waals surface area contributed by atoms with Crippen LogP contribution in [0.15, 0.2) is 30.5 Å². The molecule has 13 heavy (non-hydrogen) atoms. The van der Waals surface area contributed by atoms with Crippen molar-refractivity contribution < 1.29 is 0 Å². The summed E-state index contributed by atoms with van der Waals surface area (Å²) in [7, 11) is 0. The fourth-order valence-corrected chi connectivity index (χ4v) is 0.850. The molecule has 0 saturated carbocycles. The van der Waals surface area contributed by atoms with Crippen LogP contribution in [0.5, 0.6) is 0 Å². The van der Waals surface area contributed by atoms with E-state index in [4.69, 9.17) is 5.73 Å². The van der Waals surface area contributed by atoms with Crippen LogP contribution in [0.4, 0.5) is 11.5 Å². The van der Waals surface area contributed by atoms with E-state index >= 15 is 0 Å². The van der Waals surface area contributed by atoms with Gasteiger partial charge in [-0.25, -0.2) is 4.98 Å². The first-order valence-electron chi connectivity index (χ1n) is 4.34. The third kappa shape index (κ3) is 3.15. The summed E-state index contributed by atoms with van der Waals surface area (Å²) < 4.78 is 0. The van der Waals surface area contributed by atoms with Crippen molar-refractivity contribution in [1.29, 1.82) is 0 Å². The number of hydrogen-bond acceptors (Lipinski definition) is 3. The average Bonchev–Trinajstić information content (AvgIpc) is 2.16. The van der Waals surface area contributed by atoms with Crippen molar-refractivity contribution in [2.75, 3.05) is 17.6 Å². The largest absolute Gasteiger partial charge is 0.397 e. The monoisotopic (exact) mass is 177 g/mol. The van der Waals surface area contributed by atoms with Crippen molar-refractivity contribution in [2.45, 2.75) is 13.3 Å². The Kier molecular flexibility index (Phi) is 3.31. The van der Waals surface area contributed by atoms with E-state index in [1.165, 1.54) is 5.57 Å². The standard InChI is InChI=1S/C10H15N3/c1-3-8(2)6-12-10-5-4-9(11)7-13-10/h4-5,7H,2-3,6,11H2,1H3,(H,12,13). The van der Waals surface area contributed by atoms with Crippen LogP contribution in [-0.2, 0) is 0 Å². The first-order valence-corrected chi connectivity index (χ1v) is 4.34. The molecule has 0 aromatic carbocycles. The van der Waals surface area contributed by atoms with Crippen LogP contribution in [0.3, 0.4) is 0 Å². The van der Waals surface area contributed by atoms with Crippen molar-refractivity contribution in [3.05, 3.63) is 30.5 Å². The molecule has 3 nitrogen and oxygen atoms in total. The highest BCUT2D eigenvalue weighted by molar-refractivity contribution is 5.44. The Morgan fingerprint density at radius 2 is 2.38 bits per heavy atom. The van der Waals surface area contributed by atoms with Crippen LogP contribution in [0.2, 0.25) is 0 Å². The Morgan fingerprint density at radius 3 is 2.92 bits per heavy atom. The van der Waals surface area contributed by atoms with E-state index in [1.54, 1.807) is 6.20 Å². The number of nitrogens with one attached hydrogen (secondary N) is 1. The number of pyridine rings is 1. The number of hydrogen-bond donors (Lipinski definition) is 2. The lowest BCUT2D eigenvalue weighted by Crippen LogP contribution is -2.04. The second kappa shape index (κ2) is 4.50. The molecular weight excluding hydrogens is 162 g/mol. The van der Waals surface area contributed by atoms with Crippen LogP contribution < -0.4 is 11.1 Å². The molecule has 0 spiro atoms. The van der Waals surface area contributed by atoms with Gasteiger partial charge in [-0.15, -0.1) is 0 Å². The van der Waals surface area contributed by atoms with E-state index in [9.17, 15) is 0 Å². The van der Waals surface area contributed by atoms with Gasteiger partial charge in [0.25, 0.3) is 0 Å². The van der Waals surface area contributed by atoms with E-state index in [1.807, 2.05) is 12.1 Å². The van der Waals surface area contributed by atoms with Gasteiger partial charge >= 0.3 is 0 Å². The number of aromatic nitrogens is 1. The number of anilines is 2. The van der Waals surface area contributed by atoms with Crippen LogP contribution in [0.1, 0.15) is 13.3 Å². The van der Waals surface area contributed by atoms with Gasteiger partial charge in [0.2, 0.25) is 0 Å². The molecule has 1 rings (SSSR count). The lowest BCUT2D eigenvalue weighted by atomic mass is 10.2. The Bertz CT molecular complexity index is 277. The first-order chi connectivity index (χ1) is 6.22. The molecule has 1 aromatic heterocycles. The van der Waals surface area contributed by atoms with E-state index in [2.05, 4.69) is 23.8 Å². The van der Waals surface area contributed by atoms with Gasteiger partial charge in [0, 0.05) is 6.54 Å². The molecule has 0 aliphatic heterocycles. The van der Waals surface area contributed by atoms with Gasteiger partial charge in [-0.1, -0.05) is 19.1 Å². The number of rotatable bonds is 4. The van der Waals surface area contributed by atoms with E-state index in [0.29, 0.717) is 5.69 Å². The fraction of sp³-hybridized carbons (Fsp3) is 0.300. The summed E-state index contributed by atoms with van der Waals surface area (Å²) in [6.45, 7) is 6.75. The van der Waals surface area contributed by atoms with Crippen molar-refractivity contribution >= 4 is 11.5 Å². The van der Waals surface area contributed by atoms with Gasteiger partial charge in [-0.3, -0.25) is 0 Å². The molecule has 0 amide bonds. The second-order valence-corrected chi connectivity index (χ2v) is 2.93. The lowest BCUT2D eigenvalue weighted by Gasteiger charge is -2.05. The molecule has 3 heteroatoms. The summed E-state index contributed by atoms with van der Waals surface area (Å²) in [5.41, 5.74) is 7.35. The maximum absolute atomic E-state index is 5.50. The molecule has 0 aliphatic rings. The Labute approximate surface area is 78.7 Å². The second-order valence-electron chi connectivity index (χ2n) is 2.93. The third-order valence-corrected chi connectivity index (χ3v) is 1.81. The highest BCUT2D eigenvalue weighted by Gasteiger charge is 1.93. The van der Waals surface area contributed by atoms with Crippen LogP contribution in [-0.4, -0.2) is 11.5 Å². The summed E-state index contributed by atoms with van der Waals surface area (Å²) in [5.74, 6) is 0.837. The Hall–Kier alpha value is -1.51. The number of nitrogen functional groups attached to an aromatic ring is 1. The van der Waals surface area contributed by atoms with Crippen molar-refractivity contribution in [2.24, 2.45) is 0 Å². The molecule has 0 aliphatic carbocycles. The summed E-state index contributed by atoms with van der Waals surface area (Å²) in [4.78, 5) is 4.11. The topological polar surface area (TPSA) is 50.9 Å². The van der Waals surface area contributed by atoms with Gasteiger partial charge < -0.3 is 11.1 Å². The molecule has 1 aromatic rings. The minimum atomic E-state index is 0.680. The smallest absolute Gasteiger partial charge is 0.126 e. The molecule has 0 atom stereocenters. The molecule has 70 valence electrons. The minimum Gasteiger partial charge on any atom is -0.397 e. The van der Waals surface area contributed by atoms with Crippen molar-refractivity contribution in [3.63, 3.8) is 0 Å². The minimum absolute atomic E-state index is 0.680. The molecule has 0 unspecified atom stereocenters.